The zero-order valence-corrected chi connectivity index (χ0v) is 14.6. The van der Waals surface area contributed by atoms with Crippen molar-refractivity contribution in [2.45, 2.75) is 18.6 Å². The van der Waals surface area contributed by atoms with Gasteiger partial charge < -0.3 is 5.32 Å². The molecule has 1 unspecified atom stereocenters. The number of aryl methyl sites for hydroxylation is 1. The van der Waals surface area contributed by atoms with Crippen LogP contribution in [0.25, 0.3) is 0 Å². The number of amidine groups is 1. The second-order valence-electron chi connectivity index (χ2n) is 5.46. The summed E-state index contributed by atoms with van der Waals surface area (Å²) in [5.74, 6) is -0.0349. The molecule has 122 valence electrons. The van der Waals surface area contributed by atoms with Crippen LogP contribution in [0.2, 0.25) is 5.02 Å². The molecule has 1 N–H and O–H groups in total. The molecule has 24 heavy (non-hydrogen) atoms. The molecule has 0 spiro atoms. The van der Waals surface area contributed by atoms with Gasteiger partial charge >= 0.3 is 0 Å². The van der Waals surface area contributed by atoms with Gasteiger partial charge in [0, 0.05) is 10.6 Å². The van der Waals surface area contributed by atoms with E-state index < -0.39 is 0 Å². The normalized spacial score (nSPS) is 19.2. The van der Waals surface area contributed by atoms with Gasteiger partial charge in [0.25, 0.3) is 0 Å². The SMILES string of the molecule is Cc1ccc(CC2S/C(=N/N=C/c3ccccc3Cl)NC2=O)cc1. The zero-order valence-electron chi connectivity index (χ0n) is 13.1. The quantitative estimate of drug-likeness (QED) is 0.668. The minimum Gasteiger partial charge on any atom is -0.303 e. The van der Waals surface area contributed by atoms with Crippen LogP contribution in [0.5, 0.6) is 0 Å². The predicted molar refractivity (Wildman–Crippen MR) is 101 cm³/mol. The largest absolute Gasteiger partial charge is 0.303 e. The maximum atomic E-state index is 12.1. The number of hydrogen-bond acceptors (Lipinski definition) is 4. The highest BCUT2D eigenvalue weighted by molar-refractivity contribution is 8.15. The Morgan fingerprint density at radius 3 is 2.71 bits per heavy atom. The first-order valence-corrected chi connectivity index (χ1v) is 8.76. The van der Waals surface area contributed by atoms with E-state index in [0.717, 1.165) is 11.1 Å². The van der Waals surface area contributed by atoms with E-state index >= 15 is 0 Å². The molecule has 0 aliphatic carbocycles. The maximum absolute atomic E-state index is 12.1. The van der Waals surface area contributed by atoms with E-state index in [4.69, 9.17) is 11.6 Å². The number of halogens is 1. The van der Waals surface area contributed by atoms with Crippen LogP contribution in [0, 0.1) is 6.92 Å². The highest BCUT2D eigenvalue weighted by Gasteiger charge is 2.30. The van der Waals surface area contributed by atoms with Crippen LogP contribution in [0.3, 0.4) is 0 Å². The highest BCUT2D eigenvalue weighted by atomic mass is 35.5. The van der Waals surface area contributed by atoms with Gasteiger partial charge in [0.2, 0.25) is 5.91 Å². The van der Waals surface area contributed by atoms with Crippen molar-refractivity contribution in [1.82, 2.24) is 5.32 Å². The Balaban J connectivity index is 1.63. The number of amides is 1. The van der Waals surface area contributed by atoms with Gasteiger partial charge in [0.05, 0.1) is 11.5 Å². The average molecular weight is 358 g/mol. The van der Waals surface area contributed by atoms with Crippen LogP contribution in [-0.4, -0.2) is 22.5 Å². The summed E-state index contributed by atoms with van der Waals surface area (Å²) in [6, 6.07) is 15.6. The number of rotatable bonds is 4. The first kappa shape index (κ1) is 16.7. The third-order valence-corrected chi connectivity index (χ3v) is 4.99. The van der Waals surface area contributed by atoms with Gasteiger partial charge in [-0.05, 0) is 25.0 Å². The van der Waals surface area contributed by atoms with E-state index in [1.54, 1.807) is 12.3 Å². The molecule has 1 aliphatic heterocycles. The number of hydrogen-bond donors (Lipinski definition) is 1. The lowest BCUT2D eigenvalue weighted by Crippen LogP contribution is -2.25. The summed E-state index contributed by atoms with van der Waals surface area (Å²) in [4.78, 5) is 12.1. The molecule has 1 atom stereocenters. The van der Waals surface area contributed by atoms with Gasteiger partial charge in [0.15, 0.2) is 5.17 Å². The van der Waals surface area contributed by atoms with E-state index in [-0.39, 0.29) is 11.2 Å². The summed E-state index contributed by atoms with van der Waals surface area (Å²) in [5, 5.41) is 11.8. The number of benzene rings is 2. The summed E-state index contributed by atoms with van der Waals surface area (Å²) in [7, 11) is 0. The van der Waals surface area contributed by atoms with Gasteiger partial charge in [-0.2, -0.15) is 5.10 Å². The van der Waals surface area contributed by atoms with Crippen molar-refractivity contribution in [3.8, 4) is 0 Å². The highest BCUT2D eigenvalue weighted by Crippen LogP contribution is 2.23. The maximum Gasteiger partial charge on any atom is 0.239 e. The predicted octanol–water partition coefficient (Wildman–Crippen LogP) is 3.81. The number of nitrogens with zero attached hydrogens (tertiary/aromatic N) is 2. The van der Waals surface area contributed by atoms with Crippen molar-refractivity contribution in [3.05, 3.63) is 70.2 Å². The summed E-state index contributed by atoms with van der Waals surface area (Å²) >= 11 is 7.45. The lowest BCUT2D eigenvalue weighted by atomic mass is 10.1. The van der Waals surface area contributed by atoms with Crippen LogP contribution >= 0.6 is 23.4 Å². The van der Waals surface area contributed by atoms with Crippen LogP contribution in [-0.2, 0) is 11.2 Å². The molecule has 1 saturated heterocycles. The van der Waals surface area contributed by atoms with Gasteiger partial charge in [-0.1, -0.05) is 71.4 Å². The van der Waals surface area contributed by atoms with Crippen LogP contribution in [0.15, 0.2) is 58.7 Å². The third-order valence-electron chi connectivity index (χ3n) is 3.57. The van der Waals surface area contributed by atoms with Crippen molar-refractivity contribution in [2.75, 3.05) is 0 Å². The minimum atomic E-state index is -0.179. The van der Waals surface area contributed by atoms with Gasteiger partial charge in [0.1, 0.15) is 0 Å². The molecular weight excluding hydrogens is 342 g/mol. The lowest BCUT2D eigenvalue weighted by molar-refractivity contribution is -0.118. The first-order chi connectivity index (χ1) is 11.6. The molecular formula is C18H16ClN3OS. The minimum absolute atomic E-state index is 0.0349. The second kappa shape index (κ2) is 7.64. The molecule has 1 fully saturated rings. The van der Waals surface area contributed by atoms with Crippen molar-refractivity contribution in [1.29, 1.82) is 0 Å². The monoisotopic (exact) mass is 357 g/mol. The van der Waals surface area contributed by atoms with E-state index in [0.29, 0.717) is 16.6 Å². The first-order valence-electron chi connectivity index (χ1n) is 7.50. The Labute approximate surface area is 150 Å². The molecule has 0 bridgehead atoms. The molecule has 1 aliphatic rings. The Kier molecular flexibility index (Phi) is 5.33. The van der Waals surface area contributed by atoms with E-state index in [9.17, 15) is 4.79 Å². The average Bonchev–Trinajstić information content (AvgIpc) is 2.91. The molecule has 0 aromatic heterocycles. The number of nitrogens with one attached hydrogen (secondary N) is 1. The van der Waals surface area contributed by atoms with Crippen LogP contribution in [0.1, 0.15) is 16.7 Å². The standard InChI is InChI=1S/C18H16ClN3OS/c1-12-6-8-13(9-7-12)10-16-17(23)21-18(24-16)22-20-11-14-4-2-3-5-15(14)19/h2-9,11,16H,10H2,1H3,(H,21,22,23)/b20-11+. The number of thioether (sulfide) groups is 1. The van der Waals surface area contributed by atoms with Gasteiger partial charge in [-0.15, -0.1) is 5.10 Å². The smallest absolute Gasteiger partial charge is 0.239 e. The molecule has 6 heteroatoms. The molecule has 4 nitrogen and oxygen atoms in total. The molecule has 2 aromatic rings. The Morgan fingerprint density at radius 1 is 1.21 bits per heavy atom. The van der Waals surface area contributed by atoms with Crippen molar-refractivity contribution >= 4 is 40.7 Å². The van der Waals surface area contributed by atoms with Crippen LogP contribution < -0.4 is 5.32 Å². The summed E-state index contributed by atoms with van der Waals surface area (Å²) in [6.07, 6.45) is 2.25. The number of carbonyl (C=O) groups excluding carboxylic acids is 1. The van der Waals surface area contributed by atoms with Crippen molar-refractivity contribution in [2.24, 2.45) is 10.2 Å². The third kappa shape index (κ3) is 4.24. The van der Waals surface area contributed by atoms with Gasteiger partial charge in [-0.3, -0.25) is 4.79 Å². The summed E-state index contributed by atoms with van der Waals surface area (Å²) < 4.78 is 0. The Morgan fingerprint density at radius 2 is 1.96 bits per heavy atom. The zero-order chi connectivity index (χ0) is 16.9. The molecule has 0 radical (unpaired) electrons. The van der Waals surface area contributed by atoms with E-state index in [1.807, 2.05) is 37.3 Å². The second-order valence-corrected chi connectivity index (χ2v) is 7.06. The molecule has 2 aromatic carbocycles. The molecule has 3 rings (SSSR count). The van der Waals surface area contributed by atoms with E-state index in [2.05, 4.69) is 27.7 Å². The van der Waals surface area contributed by atoms with Gasteiger partial charge in [-0.25, -0.2) is 0 Å². The fourth-order valence-corrected chi connectivity index (χ4v) is 3.40. The molecule has 0 saturated carbocycles. The van der Waals surface area contributed by atoms with Crippen molar-refractivity contribution < 1.29 is 4.79 Å². The Bertz CT molecular complexity index is 802. The molecule has 1 amide bonds. The summed E-state index contributed by atoms with van der Waals surface area (Å²) in [5.41, 5.74) is 3.13. The molecule has 1 heterocycles. The lowest BCUT2D eigenvalue weighted by Gasteiger charge is -2.05. The van der Waals surface area contributed by atoms with Crippen LogP contribution in [0.4, 0.5) is 0 Å². The fraction of sp³-hybridized carbons (Fsp3) is 0.167. The topological polar surface area (TPSA) is 53.8 Å². The Hall–Kier alpha value is -2.11. The van der Waals surface area contributed by atoms with E-state index in [1.165, 1.54) is 17.3 Å². The fourth-order valence-electron chi connectivity index (χ4n) is 2.25. The number of carbonyl (C=O) groups is 1. The summed E-state index contributed by atoms with van der Waals surface area (Å²) in [6.45, 7) is 2.04. The van der Waals surface area contributed by atoms with Crippen molar-refractivity contribution in [3.63, 3.8) is 0 Å².